The second kappa shape index (κ2) is 4.70. The van der Waals surface area contributed by atoms with Crippen LogP contribution in [0, 0.1) is 0 Å². The molecule has 0 aliphatic rings. The molecule has 1 aromatic heterocycles. The Labute approximate surface area is 94.0 Å². The predicted molar refractivity (Wildman–Crippen MR) is 48.5 cm³/mol. The van der Waals surface area contributed by atoms with Crippen LogP contribution in [0.5, 0.6) is 0 Å². The van der Waals surface area contributed by atoms with Crippen LogP contribution in [0.2, 0.25) is 0 Å². The van der Waals surface area contributed by atoms with Gasteiger partial charge in [0.05, 0.1) is 12.6 Å². The van der Waals surface area contributed by atoms with Crippen molar-refractivity contribution in [3.8, 4) is 0 Å². The Bertz CT molecular complexity index is 416. The van der Waals surface area contributed by atoms with Crippen molar-refractivity contribution in [3.63, 3.8) is 0 Å². The number of methoxy groups -OCH3 is 1. The van der Waals surface area contributed by atoms with Crippen molar-refractivity contribution < 1.29 is 27.8 Å². The molecule has 1 rings (SSSR count). The van der Waals surface area contributed by atoms with Crippen molar-refractivity contribution >= 4 is 5.97 Å². The van der Waals surface area contributed by atoms with Gasteiger partial charge in [-0.2, -0.15) is 13.2 Å². The summed E-state index contributed by atoms with van der Waals surface area (Å²) in [4.78, 5) is 10.6. The lowest BCUT2D eigenvalue weighted by atomic mass is 10.3. The van der Waals surface area contributed by atoms with Gasteiger partial charge < -0.3 is 9.84 Å². The first kappa shape index (κ1) is 13.4. The summed E-state index contributed by atoms with van der Waals surface area (Å²) in [6.45, 7) is 1.30. The lowest BCUT2D eigenvalue weighted by Crippen LogP contribution is -2.23. The van der Waals surface area contributed by atoms with Gasteiger partial charge >= 0.3 is 12.1 Å². The van der Waals surface area contributed by atoms with Crippen LogP contribution >= 0.6 is 0 Å². The Kier molecular flexibility index (Phi) is 3.71. The lowest BCUT2D eigenvalue weighted by Gasteiger charge is -2.13. The molecule has 1 unspecified atom stereocenters. The molecule has 1 aromatic rings. The first-order chi connectivity index (χ1) is 7.77. The smallest absolute Gasteiger partial charge is 0.435 e. The molecular weight excluding hydrogens is 243 g/mol. The third-order valence-corrected chi connectivity index (χ3v) is 2.04. The maximum atomic E-state index is 12.7. The van der Waals surface area contributed by atoms with Crippen molar-refractivity contribution in [2.75, 3.05) is 7.11 Å². The maximum Gasteiger partial charge on any atom is 0.435 e. The molecule has 1 atom stereocenters. The maximum absolute atomic E-state index is 12.7. The van der Waals surface area contributed by atoms with E-state index < -0.39 is 29.6 Å². The summed E-state index contributed by atoms with van der Waals surface area (Å²) >= 11 is 0. The van der Waals surface area contributed by atoms with E-state index >= 15 is 0 Å². The fourth-order valence-corrected chi connectivity index (χ4v) is 1.18. The summed E-state index contributed by atoms with van der Waals surface area (Å²) in [5, 5.41) is 14.8. The van der Waals surface area contributed by atoms with Crippen LogP contribution in [0.3, 0.4) is 0 Å². The summed E-state index contributed by atoms with van der Waals surface area (Å²) in [6, 6.07) is 0. The van der Waals surface area contributed by atoms with Crippen molar-refractivity contribution in [1.82, 2.24) is 15.0 Å². The second-order valence-electron chi connectivity index (χ2n) is 3.32. The molecular formula is C8H10F3N3O3. The summed E-state index contributed by atoms with van der Waals surface area (Å²) in [5.41, 5.74) is -2.49. The highest BCUT2D eigenvalue weighted by molar-refractivity contribution is 5.86. The second-order valence-corrected chi connectivity index (χ2v) is 3.32. The van der Waals surface area contributed by atoms with Crippen LogP contribution in [-0.4, -0.2) is 39.3 Å². The standard InChI is InChI=1S/C8H10F3N3O3/c1-4(17-2)3-14-6(8(9,10)11)5(7(15)16)12-13-14/h4H,3H2,1-2H3,(H,15,16). The molecule has 0 aliphatic carbocycles. The lowest BCUT2D eigenvalue weighted by molar-refractivity contribution is -0.145. The molecule has 9 heteroatoms. The largest absolute Gasteiger partial charge is 0.476 e. The third-order valence-electron chi connectivity index (χ3n) is 2.04. The molecule has 17 heavy (non-hydrogen) atoms. The fourth-order valence-electron chi connectivity index (χ4n) is 1.18. The van der Waals surface area contributed by atoms with Crippen molar-refractivity contribution in [2.45, 2.75) is 25.7 Å². The zero-order chi connectivity index (χ0) is 13.2. The molecule has 1 N–H and O–H groups in total. The first-order valence-electron chi connectivity index (χ1n) is 4.54. The monoisotopic (exact) mass is 253 g/mol. The van der Waals surface area contributed by atoms with Crippen LogP contribution in [0.4, 0.5) is 13.2 Å². The van der Waals surface area contributed by atoms with E-state index in [1.807, 2.05) is 0 Å². The minimum atomic E-state index is -4.83. The highest BCUT2D eigenvalue weighted by atomic mass is 19.4. The molecule has 0 fully saturated rings. The van der Waals surface area contributed by atoms with Gasteiger partial charge in [-0.3, -0.25) is 0 Å². The Hall–Kier alpha value is -1.64. The van der Waals surface area contributed by atoms with Gasteiger partial charge in [-0.25, -0.2) is 9.48 Å². The molecule has 0 bridgehead atoms. The number of alkyl halides is 3. The zero-order valence-corrected chi connectivity index (χ0v) is 9.02. The molecule has 6 nitrogen and oxygen atoms in total. The molecule has 0 saturated heterocycles. The van der Waals surface area contributed by atoms with E-state index in [-0.39, 0.29) is 6.54 Å². The Morgan fingerprint density at radius 1 is 1.59 bits per heavy atom. The van der Waals surface area contributed by atoms with Gasteiger partial charge in [0.2, 0.25) is 5.69 Å². The van der Waals surface area contributed by atoms with Crippen LogP contribution in [0.25, 0.3) is 0 Å². The zero-order valence-electron chi connectivity index (χ0n) is 9.02. The number of nitrogens with zero attached hydrogens (tertiary/aromatic N) is 3. The average Bonchev–Trinajstić information content (AvgIpc) is 2.60. The van der Waals surface area contributed by atoms with Crippen LogP contribution in [0.15, 0.2) is 0 Å². The summed E-state index contributed by atoms with van der Waals surface area (Å²) in [7, 11) is 1.33. The topological polar surface area (TPSA) is 77.2 Å². The number of ether oxygens (including phenoxy) is 1. The van der Waals surface area contributed by atoms with Gasteiger partial charge in [0.15, 0.2) is 5.69 Å². The summed E-state index contributed by atoms with van der Waals surface area (Å²) in [5.74, 6) is -1.77. The van der Waals surface area contributed by atoms with Crippen LogP contribution < -0.4 is 0 Å². The SMILES string of the molecule is COC(C)Cn1nnc(C(=O)O)c1C(F)(F)F. The number of aromatic carboxylic acids is 1. The number of halogens is 3. The Morgan fingerprint density at radius 2 is 2.18 bits per heavy atom. The molecule has 0 spiro atoms. The average molecular weight is 253 g/mol. The van der Waals surface area contributed by atoms with Gasteiger partial charge in [-0.05, 0) is 6.92 Å². The van der Waals surface area contributed by atoms with Gasteiger partial charge in [0, 0.05) is 7.11 Å². The van der Waals surface area contributed by atoms with E-state index in [0.717, 1.165) is 0 Å². The summed E-state index contributed by atoms with van der Waals surface area (Å²) < 4.78 is 43.2. The van der Waals surface area contributed by atoms with Gasteiger partial charge in [0.25, 0.3) is 0 Å². The molecule has 96 valence electrons. The van der Waals surface area contributed by atoms with Crippen LogP contribution in [0.1, 0.15) is 23.1 Å². The quantitative estimate of drug-likeness (QED) is 0.867. The Morgan fingerprint density at radius 3 is 2.59 bits per heavy atom. The third kappa shape index (κ3) is 2.93. The molecule has 1 heterocycles. The highest BCUT2D eigenvalue weighted by Crippen LogP contribution is 2.31. The fraction of sp³-hybridized carbons (Fsp3) is 0.625. The van der Waals surface area contributed by atoms with Crippen molar-refractivity contribution in [3.05, 3.63) is 11.4 Å². The minimum absolute atomic E-state index is 0.231. The Balaban J connectivity index is 3.19. The van der Waals surface area contributed by atoms with E-state index in [0.29, 0.717) is 4.68 Å². The molecule has 0 aliphatic heterocycles. The van der Waals surface area contributed by atoms with Gasteiger partial charge in [-0.15, -0.1) is 5.10 Å². The number of rotatable bonds is 4. The molecule has 0 saturated carbocycles. The van der Waals surface area contributed by atoms with Crippen molar-refractivity contribution in [1.29, 1.82) is 0 Å². The predicted octanol–water partition coefficient (Wildman–Crippen LogP) is 1.03. The minimum Gasteiger partial charge on any atom is -0.476 e. The number of hydrogen-bond acceptors (Lipinski definition) is 4. The van der Waals surface area contributed by atoms with E-state index in [2.05, 4.69) is 10.3 Å². The van der Waals surface area contributed by atoms with Gasteiger partial charge in [0.1, 0.15) is 0 Å². The van der Waals surface area contributed by atoms with Crippen LogP contribution in [-0.2, 0) is 17.5 Å². The van der Waals surface area contributed by atoms with Crippen molar-refractivity contribution in [2.24, 2.45) is 0 Å². The number of carboxylic acid groups (broad SMARTS) is 1. The van der Waals surface area contributed by atoms with E-state index in [9.17, 15) is 18.0 Å². The highest BCUT2D eigenvalue weighted by Gasteiger charge is 2.41. The summed E-state index contributed by atoms with van der Waals surface area (Å²) in [6.07, 6.45) is -5.37. The van der Waals surface area contributed by atoms with Gasteiger partial charge in [-0.1, -0.05) is 5.21 Å². The van der Waals surface area contributed by atoms with E-state index in [1.165, 1.54) is 14.0 Å². The number of hydrogen-bond donors (Lipinski definition) is 1. The van der Waals surface area contributed by atoms with E-state index in [1.54, 1.807) is 0 Å². The molecule has 0 amide bonds. The number of aromatic nitrogens is 3. The normalized spacial score (nSPS) is 13.7. The number of carboxylic acids is 1. The first-order valence-corrected chi connectivity index (χ1v) is 4.54. The molecule has 0 radical (unpaired) electrons. The number of carbonyl (C=O) groups is 1. The van der Waals surface area contributed by atoms with E-state index in [4.69, 9.17) is 9.84 Å². The molecule has 0 aromatic carbocycles.